The fourth-order valence-corrected chi connectivity index (χ4v) is 5.03. The van der Waals surface area contributed by atoms with Crippen molar-refractivity contribution in [1.82, 2.24) is 19.7 Å². The van der Waals surface area contributed by atoms with Crippen LogP contribution in [0.3, 0.4) is 0 Å². The molecule has 2 heterocycles. The molecule has 2 atom stereocenters. The topological polar surface area (TPSA) is 99.0 Å². The number of ether oxygens (including phenoxy) is 1. The highest BCUT2D eigenvalue weighted by molar-refractivity contribution is 7.92. The first kappa shape index (κ1) is 21.2. The lowest BCUT2D eigenvalue weighted by Gasteiger charge is -2.22. The number of hydrogen-bond acceptors (Lipinski definition) is 6. The minimum atomic E-state index is -4.53. The van der Waals surface area contributed by atoms with Crippen molar-refractivity contribution in [3.63, 3.8) is 0 Å². The van der Waals surface area contributed by atoms with Gasteiger partial charge in [-0.2, -0.15) is 5.10 Å². The molecule has 164 valence electrons. The number of aromatic nitrogens is 4. The minimum absolute atomic E-state index is 0.0383. The van der Waals surface area contributed by atoms with Crippen LogP contribution in [0, 0.1) is 11.6 Å². The summed E-state index contributed by atoms with van der Waals surface area (Å²) in [5.41, 5.74) is 1.01. The van der Waals surface area contributed by atoms with Crippen LogP contribution in [0.15, 0.2) is 47.9 Å². The molecule has 1 N–H and O–H groups in total. The highest BCUT2D eigenvalue weighted by atomic mass is 32.2. The molecule has 8 nitrogen and oxygen atoms in total. The van der Waals surface area contributed by atoms with Gasteiger partial charge in [-0.15, -0.1) is 0 Å². The molecule has 1 aromatic carbocycles. The Morgan fingerprint density at radius 2 is 1.97 bits per heavy atom. The molecule has 1 saturated carbocycles. The summed E-state index contributed by atoms with van der Waals surface area (Å²) in [6.45, 7) is 2.70. The number of rotatable bonds is 7. The molecule has 31 heavy (non-hydrogen) atoms. The van der Waals surface area contributed by atoms with Crippen LogP contribution in [0.4, 0.5) is 14.6 Å². The Morgan fingerprint density at radius 1 is 1.19 bits per heavy atom. The van der Waals surface area contributed by atoms with Crippen molar-refractivity contribution in [1.29, 1.82) is 0 Å². The van der Waals surface area contributed by atoms with Crippen LogP contribution in [0.2, 0.25) is 0 Å². The molecule has 1 fully saturated rings. The quantitative estimate of drug-likeness (QED) is 0.593. The number of benzene rings is 1. The van der Waals surface area contributed by atoms with Crippen molar-refractivity contribution in [3.8, 4) is 5.75 Å². The fraction of sp³-hybridized carbons (Fsp3) is 0.350. The van der Waals surface area contributed by atoms with Gasteiger partial charge in [-0.3, -0.25) is 9.40 Å². The average Bonchev–Trinajstić information content (AvgIpc) is 3.36. The second kappa shape index (κ2) is 8.58. The fourth-order valence-electron chi connectivity index (χ4n) is 3.90. The molecule has 0 unspecified atom stereocenters. The van der Waals surface area contributed by atoms with E-state index in [0.717, 1.165) is 43.4 Å². The zero-order chi connectivity index (χ0) is 22.0. The van der Waals surface area contributed by atoms with Gasteiger partial charge in [-0.25, -0.2) is 27.2 Å². The van der Waals surface area contributed by atoms with Gasteiger partial charge >= 0.3 is 0 Å². The van der Waals surface area contributed by atoms with Gasteiger partial charge in [0, 0.05) is 42.7 Å². The lowest BCUT2D eigenvalue weighted by molar-refractivity contribution is 0.184. The van der Waals surface area contributed by atoms with Crippen LogP contribution in [0.1, 0.15) is 37.8 Å². The van der Waals surface area contributed by atoms with E-state index in [9.17, 15) is 17.2 Å². The van der Waals surface area contributed by atoms with E-state index in [0.29, 0.717) is 6.54 Å². The third-order valence-electron chi connectivity index (χ3n) is 5.23. The van der Waals surface area contributed by atoms with E-state index < -0.39 is 26.6 Å². The van der Waals surface area contributed by atoms with Crippen LogP contribution in [0.25, 0.3) is 0 Å². The summed E-state index contributed by atoms with van der Waals surface area (Å²) in [5.74, 6) is -2.61. The molecule has 11 heteroatoms. The van der Waals surface area contributed by atoms with Gasteiger partial charge < -0.3 is 4.74 Å². The van der Waals surface area contributed by atoms with Gasteiger partial charge in [-0.1, -0.05) is 0 Å². The maximum atomic E-state index is 14.7. The predicted octanol–water partition coefficient (Wildman–Crippen LogP) is 3.49. The molecular formula is C20H21F2N5O3S. The summed E-state index contributed by atoms with van der Waals surface area (Å²) in [4.78, 5) is 6.27. The molecule has 1 aliphatic rings. The second-order valence-electron chi connectivity index (χ2n) is 7.18. The number of hydrogen-bond donors (Lipinski definition) is 1. The normalized spacial score (nSPS) is 18.8. The highest BCUT2D eigenvalue weighted by Crippen LogP contribution is 2.38. The molecule has 4 rings (SSSR count). The average molecular weight is 449 g/mol. The van der Waals surface area contributed by atoms with Crippen molar-refractivity contribution in [3.05, 3.63) is 60.3 Å². The molecule has 1 aliphatic carbocycles. The lowest BCUT2D eigenvalue weighted by Crippen LogP contribution is -2.23. The van der Waals surface area contributed by atoms with E-state index in [4.69, 9.17) is 4.74 Å². The molecule has 0 aliphatic heterocycles. The number of nitrogens with one attached hydrogen (secondary N) is 1. The van der Waals surface area contributed by atoms with Gasteiger partial charge in [0.1, 0.15) is 35.6 Å². The Morgan fingerprint density at radius 3 is 2.65 bits per heavy atom. The SMILES string of the molecule is CCn1nccc1[C@H]1CCC[C@@H]1Oc1cc(F)c(S(=O)(=O)Nc2ccncn2)c(F)c1. The number of nitrogens with zero attached hydrogens (tertiary/aromatic N) is 4. The lowest BCUT2D eigenvalue weighted by atomic mass is 10.0. The molecule has 0 amide bonds. The Bertz CT molecular complexity index is 1150. The molecule has 2 aromatic heterocycles. The summed E-state index contributed by atoms with van der Waals surface area (Å²) in [6, 6.07) is 4.98. The van der Waals surface area contributed by atoms with E-state index in [-0.39, 0.29) is 23.6 Å². The van der Waals surface area contributed by atoms with Crippen LogP contribution >= 0.6 is 0 Å². The molecule has 0 saturated heterocycles. The standard InChI is InChI=1S/C20H21F2N5O3S/c1-2-27-17(6-9-25-27)14-4-3-5-18(14)30-13-10-15(21)20(16(22)11-13)31(28,29)26-19-7-8-23-12-24-19/h6-12,14,18H,2-5H2,1H3,(H,23,24,26)/t14-,18+/m1/s1. The van der Waals surface area contributed by atoms with E-state index in [1.165, 1.54) is 12.3 Å². The Balaban J connectivity index is 1.57. The van der Waals surface area contributed by atoms with E-state index in [1.54, 1.807) is 6.20 Å². The smallest absolute Gasteiger partial charge is 0.268 e. The maximum absolute atomic E-state index is 14.7. The van der Waals surface area contributed by atoms with Gasteiger partial charge in [0.25, 0.3) is 10.0 Å². The molecule has 0 radical (unpaired) electrons. The third kappa shape index (κ3) is 4.36. The van der Waals surface area contributed by atoms with Crippen molar-refractivity contribution in [2.45, 2.75) is 49.6 Å². The Hall–Kier alpha value is -3.08. The molecule has 3 aromatic rings. The zero-order valence-electron chi connectivity index (χ0n) is 16.7. The van der Waals surface area contributed by atoms with Crippen molar-refractivity contribution >= 4 is 15.8 Å². The first-order valence-electron chi connectivity index (χ1n) is 9.85. The molecule has 0 bridgehead atoms. The molecule has 0 spiro atoms. The van der Waals surface area contributed by atoms with Crippen LogP contribution in [0.5, 0.6) is 5.75 Å². The first-order valence-corrected chi connectivity index (χ1v) is 11.3. The summed E-state index contributed by atoms with van der Waals surface area (Å²) >= 11 is 0. The summed E-state index contributed by atoms with van der Waals surface area (Å²) in [5, 5.41) is 4.28. The van der Waals surface area contributed by atoms with Crippen molar-refractivity contribution < 1.29 is 21.9 Å². The van der Waals surface area contributed by atoms with Crippen LogP contribution in [-0.4, -0.2) is 34.3 Å². The van der Waals surface area contributed by atoms with Gasteiger partial charge in [0.15, 0.2) is 4.90 Å². The minimum Gasteiger partial charge on any atom is -0.490 e. The van der Waals surface area contributed by atoms with E-state index in [2.05, 4.69) is 15.1 Å². The monoisotopic (exact) mass is 449 g/mol. The first-order chi connectivity index (χ1) is 14.9. The Kier molecular flexibility index (Phi) is 5.86. The molecular weight excluding hydrogens is 428 g/mol. The van der Waals surface area contributed by atoms with Gasteiger partial charge in [0.05, 0.1) is 0 Å². The predicted molar refractivity (Wildman–Crippen MR) is 108 cm³/mol. The summed E-state index contributed by atoms with van der Waals surface area (Å²) < 4.78 is 64.1. The largest absolute Gasteiger partial charge is 0.490 e. The summed E-state index contributed by atoms with van der Waals surface area (Å²) in [6.07, 6.45) is 6.35. The van der Waals surface area contributed by atoms with Crippen LogP contribution in [-0.2, 0) is 16.6 Å². The Labute approximate surface area is 178 Å². The zero-order valence-corrected chi connectivity index (χ0v) is 17.5. The van der Waals surface area contributed by atoms with E-state index in [1.807, 2.05) is 22.4 Å². The summed E-state index contributed by atoms with van der Waals surface area (Å²) in [7, 11) is -4.53. The number of anilines is 1. The number of sulfonamides is 1. The van der Waals surface area contributed by atoms with Crippen molar-refractivity contribution in [2.24, 2.45) is 0 Å². The third-order valence-corrected chi connectivity index (χ3v) is 6.64. The van der Waals surface area contributed by atoms with Crippen molar-refractivity contribution in [2.75, 3.05) is 4.72 Å². The van der Waals surface area contributed by atoms with Gasteiger partial charge in [0.2, 0.25) is 0 Å². The number of halogens is 2. The van der Waals surface area contributed by atoms with Crippen LogP contribution < -0.4 is 9.46 Å². The number of aryl methyl sites for hydroxylation is 1. The maximum Gasteiger partial charge on any atom is 0.268 e. The highest BCUT2D eigenvalue weighted by Gasteiger charge is 2.33. The second-order valence-corrected chi connectivity index (χ2v) is 8.80. The van der Waals surface area contributed by atoms with Gasteiger partial charge in [-0.05, 0) is 38.3 Å². The van der Waals surface area contributed by atoms with E-state index >= 15 is 0 Å².